The van der Waals surface area contributed by atoms with Gasteiger partial charge >= 0.3 is 0 Å². The minimum Gasteiger partial charge on any atom is -0.255 e. The van der Waals surface area contributed by atoms with Crippen molar-refractivity contribution >= 4 is 22.7 Å². The van der Waals surface area contributed by atoms with Crippen molar-refractivity contribution in [1.82, 2.24) is 4.98 Å². The molecule has 66 valence electrons. The third kappa shape index (κ3) is 1.40. The molecule has 1 aromatic heterocycles. The van der Waals surface area contributed by atoms with Gasteiger partial charge in [0.1, 0.15) is 5.82 Å². The van der Waals surface area contributed by atoms with Crippen LogP contribution in [0.2, 0.25) is 0 Å². The van der Waals surface area contributed by atoms with Crippen molar-refractivity contribution in [2.45, 2.75) is 4.90 Å². The van der Waals surface area contributed by atoms with Crippen LogP contribution in [-0.2, 0) is 0 Å². The van der Waals surface area contributed by atoms with E-state index in [4.69, 9.17) is 0 Å². The summed E-state index contributed by atoms with van der Waals surface area (Å²) in [5, 5.41) is 0.592. The second-order valence-electron chi connectivity index (χ2n) is 2.65. The van der Waals surface area contributed by atoms with Gasteiger partial charge < -0.3 is 0 Å². The maximum Gasteiger partial charge on any atom is 0.132 e. The Morgan fingerprint density at radius 1 is 1.31 bits per heavy atom. The van der Waals surface area contributed by atoms with Gasteiger partial charge in [-0.15, -0.1) is 11.8 Å². The highest BCUT2D eigenvalue weighted by atomic mass is 32.2. The fourth-order valence-corrected chi connectivity index (χ4v) is 1.84. The molecule has 1 heterocycles. The number of halogens is 1. The van der Waals surface area contributed by atoms with Crippen molar-refractivity contribution in [2.75, 3.05) is 6.26 Å². The number of hydrogen-bond acceptors (Lipinski definition) is 2. The van der Waals surface area contributed by atoms with Crippen LogP contribution in [0.5, 0.6) is 0 Å². The Bertz CT molecular complexity index is 442. The molecule has 0 saturated heterocycles. The molecule has 13 heavy (non-hydrogen) atoms. The zero-order valence-electron chi connectivity index (χ0n) is 7.12. The summed E-state index contributed by atoms with van der Waals surface area (Å²) in [5.74, 6) is -0.207. The molecule has 0 amide bonds. The van der Waals surface area contributed by atoms with Crippen molar-refractivity contribution in [3.8, 4) is 0 Å². The molecular weight excluding hydrogens is 185 g/mol. The van der Waals surface area contributed by atoms with E-state index >= 15 is 0 Å². The molecule has 0 saturated carbocycles. The Kier molecular flexibility index (Phi) is 2.19. The van der Waals surface area contributed by atoms with Crippen LogP contribution in [0.4, 0.5) is 4.39 Å². The van der Waals surface area contributed by atoms with Crippen LogP contribution in [0.25, 0.3) is 10.9 Å². The lowest BCUT2D eigenvalue weighted by Crippen LogP contribution is -1.84. The summed E-state index contributed by atoms with van der Waals surface area (Å²) in [6.07, 6.45) is 3.64. The van der Waals surface area contributed by atoms with Crippen molar-refractivity contribution < 1.29 is 4.39 Å². The quantitative estimate of drug-likeness (QED) is 0.645. The average Bonchev–Trinajstić information content (AvgIpc) is 2.19. The van der Waals surface area contributed by atoms with Gasteiger partial charge in [0.15, 0.2) is 0 Å². The average molecular weight is 193 g/mol. The molecule has 0 fully saturated rings. The molecule has 0 radical (unpaired) electrons. The lowest BCUT2D eigenvalue weighted by Gasteiger charge is -2.02. The molecule has 0 bridgehead atoms. The van der Waals surface area contributed by atoms with Gasteiger partial charge in [-0.2, -0.15) is 0 Å². The predicted octanol–water partition coefficient (Wildman–Crippen LogP) is 3.10. The highest BCUT2D eigenvalue weighted by molar-refractivity contribution is 7.98. The summed E-state index contributed by atoms with van der Waals surface area (Å²) in [4.78, 5) is 5.16. The normalized spacial score (nSPS) is 10.6. The van der Waals surface area contributed by atoms with Crippen molar-refractivity contribution in [3.05, 3.63) is 36.3 Å². The van der Waals surface area contributed by atoms with E-state index in [0.29, 0.717) is 5.39 Å². The second-order valence-corrected chi connectivity index (χ2v) is 3.50. The molecule has 0 aliphatic carbocycles. The highest BCUT2D eigenvalue weighted by Gasteiger charge is 2.04. The fraction of sp³-hybridized carbons (Fsp3) is 0.100. The van der Waals surface area contributed by atoms with E-state index in [2.05, 4.69) is 4.98 Å². The van der Waals surface area contributed by atoms with E-state index in [1.807, 2.05) is 6.26 Å². The number of rotatable bonds is 1. The number of benzene rings is 1. The summed E-state index contributed by atoms with van der Waals surface area (Å²) in [6.45, 7) is 0. The van der Waals surface area contributed by atoms with Gasteiger partial charge in [0, 0.05) is 16.5 Å². The van der Waals surface area contributed by atoms with E-state index in [0.717, 1.165) is 10.4 Å². The third-order valence-corrected chi connectivity index (χ3v) is 2.67. The number of fused-ring (bicyclic) bond motifs is 1. The largest absolute Gasteiger partial charge is 0.255 e. The van der Waals surface area contributed by atoms with E-state index in [1.165, 1.54) is 6.07 Å². The predicted molar refractivity (Wildman–Crippen MR) is 53.5 cm³/mol. The van der Waals surface area contributed by atoms with Crippen molar-refractivity contribution in [2.24, 2.45) is 0 Å². The van der Waals surface area contributed by atoms with E-state index in [-0.39, 0.29) is 5.82 Å². The molecular formula is C10H8FNS. The summed E-state index contributed by atoms with van der Waals surface area (Å²) < 4.78 is 13.3. The number of aromatic nitrogens is 1. The molecule has 0 aliphatic heterocycles. The molecule has 1 aromatic carbocycles. The van der Waals surface area contributed by atoms with E-state index in [1.54, 1.807) is 36.2 Å². The Morgan fingerprint density at radius 3 is 2.92 bits per heavy atom. The third-order valence-electron chi connectivity index (χ3n) is 1.90. The molecule has 1 nitrogen and oxygen atoms in total. The highest BCUT2D eigenvalue weighted by Crippen LogP contribution is 2.25. The standard InChI is InChI=1S/C10H8FNS/c1-13-9-5-4-8(11)7-3-2-6-12-10(7)9/h2-6H,1H3. The first-order valence-corrected chi connectivity index (χ1v) is 5.12. The van der Waals surface area contributed by atoms with Crippen LogP contribution in [0.15, 0.2) is 35.4 Å². The van der Waals surface area contributed by atoms with Gasteiger partial charge in [0.2, 0.25) is 0 Å². The summed E-state index contributed by atoms with van der Waals surface area (Å²) in [7, 11) is 0. The number of thioether (sulfide) groups is 1. The topological polar surface area (TPSA) is 12.9 Å². The molecule has 0 unspecified atom stereocenters. The Labute approximate surface area is 80.0 Å². The molecule has 0 N–H and O–H groups in total. The lowest BCUT2D eigenvalue weighted by molar-refractivity contribution is 0.639. The van der Waals surface area contributed by atoms with Gasteiger partial charge in [0.05, 0.1) is 5.52 Å². The van der Waals surface area contributed by atoms with E-state index in [9.17, 15) is 4.39 Å². The molecule has 2 rings (SSSR count). The minimum absolute atomic E-state index is 0.207. The minimum atomic E-state index is -0.207. The Hall–Kier alpha value is -1.09. The van der Waals surface area contributed by atoms with Gasteiger partial charge in [0.25, 0.3) is 0 Å². The first-order valence-electron chi connectivity index (χ1n) is 3.90. The van der Waals surface area contributed by atoms with Crippen LogP contribution in [0.1, 0.15) is 0 Å². The van der Waals surface area contributed by atoms with Crippen LogP contribution in [-0.4, -0.2) is 11.2 Å². The zero-order chi connectivity index (χ0) is 9.26. The molecule has 0 aliphatic rings. The summed E-state index contributed by atoms with van der Waals surface area (Å²) in [6, 6.07) is 6.73. The Balaban J connectivity index is 2.84. The number of nitrogens with zero attached hydrogens (tertiary/aromatic N) is 1. The smallest absolute Gasteiger partial charge is 0.132 e. The Morgan fingerprint density at radius 2 is 2.15 bits per heavy atom. The summed E-state index contributed by atoms with van der Waals surface area (Å²) >= 11 is 1.58. The van der Waals surface area contributed by atoms with Crippen LogP contribution in [0.3, 0.4) is 0 Å². The van der Waals surface area contributed by atoms with Gasteiger partial charge in [-0.3, -0.25) is 4.98 Å². The van der Waals surface area contributed by atoms with Gasteiger partial charge in [-0.1, -0.05) is 0 Å². The molecule has 2 aromatic rings. The number of pyridine rings is 1. The summed E-state index contributed by atoms with van der Waals surface area (Å²) in [5.41, 5.74) is 0.745. The SMILES string of the molecule is CSc1ccc(F)c2cccnc12. The van der Waals surface area contributed by atoms with Gasteiger partial charge in [-0.25, -0.2) is 4.39 Å². The van der Waals surface area contributed by atoms with Crippen molar-refractivity contribution in [3.63, 3.8) is 0 Å². The van der Waals surface area contributed by atoms with Crippen LogP contribution >= 0.6 is 11.8 Å². The van der Waals surface area contributed by atoms with Crippen LogP contribution < -0.4 is 0 Å². The fourth-order valence-electron chi connectivity index (χ4n) is 1.28. The molecule has 0 spiro atoms. The zero-order valence-corrected chi connectivity index (χ0v) is 7.94. The second kappa shape index (κ2) is 3.34. The van der Waals surface area contributed by atoms with Crippen LogP contribution in [0, 0.1) is 5.82 Å². The molecule has 0 atom stereocenters. The van der Waals surface area contributed by atoms with Crippen molar-refractivity contribution in [1.29, 1.82) is 0 Å². The first kappa shape index (κ1) is 8.51. The maximum absolute atomic E-state index is 13.3. The first-order chi connectivity index (χ1) is 6.33. The molecule has 3 heteroatoms. The van der Waals surface area contributed by atoms with Gasteiger partial charge in [-0.05, 0) is 30.5 Å². The van der Waals surface area contributed by atoms with E-state index < -0.39 is 0 Å². The maximum atomic E-state index is 13.3. The lowest BCUT2D eigenvalue weighted by atomic mass is 10.2. The monoisotopic (exact) mass is 193 g/mol. The number of hydrogen-bond donors (Lipinski definition) is 0.